The Labute approximate surface area is 124 Å². The van der Waals surface area contributed by atoms with Crippen LogP contribution in [0.4, 0.5) is 4.39 Å². The van der Waals surface area contributed by atoms with Gasteiger partial charge in [0.15, 0.2) is 10.8 Å². The van der Waals surface area contributed by atoms with Crippen molar-refractivity contribution in [3.63, 3.8) is 0 Å². The minimum atomic E-state index is -1.82. The number of hydrogen-bond donors (Lipinski definition) is 2. The molecule has 106 valence electrons. The topological polar surface area (TPSA) is 70.7 Å². The van der Waals surface area contributed by atoms with Gasteiger partial charge in [-0.15, -0.1) is 10.2 Å². The zero-order chi connectivity index (χ0) is 14.8. The molecular weight excluding hydrogens is 292 g/mol. The molecule has 0 spiro atoms. The first-order valence-corrected chi connectivity index (χ1v) is 7.21. The number of rotatable bonds is 4. The van der Waals surface area contributed by atoms with Crippen LogP contribution in [0, 0.1) is 5.82 Å². The second-order valence-electron chi connectivity index (χ2n) is 4.43. The molecule has 0 amide bonds. The first-order chi connectivity index (χ1) is 10.1. The van der Waals surface area contributed by atoms with Gasteiger partial charge in [0.1, 0.15) is 5.82 Å². The van der Waals surface area contributed by atoms with Gasteiger partial charge in [-0.25, -0.2) is 4.39 Å². The van der Waals surface area contributed by atoms with E-state index in [0.717, 1.165) is 16.4 Å². The smallest absolute Gasteiger partial charge is 0.423 e. The van der Waals surface area contributed by atoms with E-state index in [0.29, 0.717) is 5.75 Å². The lowest BCUT2D eigenvalue weighted by Gasteiger charge is -2.05. The Balaban J connectivity index is 1.80. The van der Waals surface area contributed by atoms with Crippen LogP contribution in [0.15, 0.2) is 47.8 Å². The number of thioether (sulfide) groups is 1. The van der Waals surface area contributed by atoms with E-state index in [-0.39, 0.29) is 5.46 Å². The summed E-state index contributed by atoms with van der Waals surface area (Å²) in [6.07, 6.45) is 1.87. The largest absolute Gasteiger partial charge is 0.491 e. The number of pyridine rings is 1. The fourth-order valence-electron chi connectivity index (χ4n) is 1.95. The van der Waals surface area contributed by atoms with Crippen LogP contribution in [-0.4, -0.2) is 31.8 Å². The van der Waals surface area contributed by atoms with Crippen molar-refractivity contribution in [2.24, 2.45) is 0 Å². The molecule has 0 unspecified atom stereocenters. The number of benzene rings is 1. The van der Waals surface area contributed by atoms with Gasteiger partial charge in [0.2, 0.25) is 0 Å². The third-order valence-corrected chi connectivity index (χ3v) is 4.00. The van der Waals surface area contributed by atoms with Gasteiger partial charge < -0.3 is 10.0 Å². The summed E-state index contributed by atoms with van der Waals surface area (Å²) in [6, 6.07) is 9.90. The highest BCUT2D eigenvalue weighted by atomic mass is 32.2. The summed E-state index contributed by atoms with van der Waals surface area (Å²) in [5.41, 5.74) is 1.40. The van der Waals surface area contributed by atoms with Crippen molar-refractivity contribution in [3.8, 4) is 0 Å². The van der Waals surface area contributed by atoms with Crippen LogP contribution in [0.1, 0.15) is 5.56 Å². The monoisotopic (exact) mass is 303 g/mol. The Bertz CT molecular complexity index is 781. The quantitative estimate of drug-likeness (QED) is 0.552. The number of hydrogen-bond acceptors (Lipinski definition) is 5. The highest BCUT2D eigenvalue weighted by molar-refractivity contribution is 7.98. The Hall–Kier alpha value is -1.90. The van der Waals surface area contributed by atoms with Crippen molar-refractivity contribution in [3.05, 3.63) is 54.0 Å². The van der Waals surface area contributed by atoms with E-state index in [1.54, 1.807) is 6.07 Å². The number of nitrogens with zero attached hydrogens (tertiary/aromatic N) is 3. The van der Waals surface area contributed by atoms with E-state index in [9.17, 15) is 4.39 Å². The van der Waals surface area contributed by atoms with Crippen molar-refractivity contribution < 1.29 is 14.4 Å². The minimum Gasteiger partial charge on any atom is -0.423 e. The summed E-state index contributed by atoms with van der Waals surface area (Å²) < 4.78 is 15.2. The van der Waals surface area contributed by atoms with Crippen molar-refractivity contribution in [1.82, 2.24) is 14.6 Å². The normalized spacial score (nSPS) is 11.0. The Morgan fingerprint density at radius 3 is 2.86 bits per heavy atom. The minimum absolute atomic E-state index is 0.126. The molecule has 0 radical (unpaired) electrons. The number of halogens is 1. The molecule has 2 N–H and O–H groups in total. The average molecular weight is 303 g/mol. The van der Waals surface area contributed by atoms with Crippen LogP contribution in [0.25, 0.3) is 5.65 Å². The fourth-order valence-corrected chi connectivity index (χ4v) is 2.81. The first-order valence-electron chi connectivity index (χ1n) is 6.22. The predicted molar refractivity (Wildman–Crippen MR) is 78.8 cm³/mol. The maximum atomic E-state index is 13.4. The molecule has 0 bridgehead atoms. The Morgan fingerprint density at radius 2 is 2.05 bits per heavy atom. The van der Waals surface area contributed by atoms with Crippen LogP contribution in [0.3, 0.4) is 0 Å². The maximum absolute atomic E-state index is 13.4. The van der Waals surface area contributed by atoms with Crippen molar-refractivity contribution in [2.45, 2.75) is 10.9 Å². The standard InChI is InChI=1S/C13H11BFN3O2S/c15-11-5-4-9(7-10(11)14(19)20)8-21-13-17-16-12-3-1-2-6-18(12)13/h1-7,19-20H,8H2. The van der Waals surface area contributed by atoms with Crippen LogP contribution in [0.2, 0.25) is 0 Å². The van der Waals surface area contributed by atoms with Crippen molar-refractivity contribution in [2.75, 3.05) is 0 Å². The van der Waals surface area contributed by atoms with Crippen LogP contribution in [-0.2, 0) is 5.75 Å². The lowest BCUT2D eigenvalue weighted by molar-refractivity contribution is 0.423. The van der Waals surface area contributed by atoms with Crippen molar-refractivity contribution >= 4 is 30.0 Å². The summed E-state index contributed by atoms with van der Waals surface area (Å²) in [4.78, 5) is 0. The highest BCUT2D eigenvalue weighted by Crippen LogP contribution is 2.21. The molecule has 5 nitrogen and oxygen atoms in total. The molecule has 21 heavy (non-hydrogen) atoms. The van der Waals surface area contributed by atoms with E-state index >= 15 is 0 Å². The van der Waals surface area contributed by atoms with Gasteiger partial charge in [0.25, 0.3) is 0 Å². The van der Waals surface area contributed by atoms with Gasteiger partial charge in [-0.05, 0) is 23.8 Å². The number of aromatic nitrogens is 3. The molecule has 3 aromatic rings. The summed E-state index contributed by atoms with van der Waals surface area (Å²) in [6.45, 7) is 0. The zero-order valence-electron chi connectivity index (χ0n) is 10.8. The molecule has 0 aliphatic rings. The molecule has 0 aliphatic heterocycles. The van der Waals surface area contributed by atoms with E-state index in [2.05, 4.69) is 10.2 Å². The second kappa shape index (κ2) is 5.84. The lowest BCUT2D eigenvalue weighted by Crippen LogP contribution is -2.33. The van der Waals surface area contributed by atoms with Gasteiger partial charge in [0.05, 0.1) is 0 Å². The van der Waals surface area contributed by atoms with Gasteiger partial charge in [-0.1, -0.05) is 30.0 Å². The van der Waals surface area contributed by atoms with Crippen LogP contribution < -0.4 is 5.46 Å². The average Bonchev–Trinajstić information content (AvgIpc) is 2.89. The summed E-state index contributed by atoms with van der Waals surface area (Å²) >= 11 is 1.44. The maximum Gasteiger partial charge on any atom is 0.491 e. The predicted octanol–water partition coefficient (Wildman–Crippen LogP) is 0.840. The molecule has 0 atom stereocenters. The van der Waals surface area contributed by atoms with Gasteiger partial charge in [0, 0.05) is 17.4 Å². The fraction of sp³-hybridized carbons (Fsp3) is 0.0769. The molecule has 0 fully saturated rings. The van der Waals surface area contributed by atoms with E-state index in [4.69, 9.17) is 10.0 Å². The summed E-state index contributed by atoms with van der Waals surface area (Å²) in [5, 5.41) is 27.1. The van der Waals surface area contributed by atoms with Gasteiger partial charge >= 0.3 is 7.12 Å². The van der Waals surface area contributed by atoms with Crippen molar-refractivity contribution in [1.29, 1.82) is 0 Å². The zero-order valence-corrected chi connectivity index (χ0v) is 11.7. The molecule has 0 saturated carbocycles. The lowest BCUT2D eigenvalue weighted by atomic mass is 9.79. The SMILES string of the molecule is OB(O)c1cc(CSc2nnc3ccccn23)ccc1F. The second-order valence-corrected chi connectivity index (χ2v) is 5.37. The summed E-state index contributed by atoms with van der Waals surface area (Å²) in [5.74, 6) is -0.109. The van der Waals surface area contributed by atoms with Gasteiger partial charge in [-0.2, -0.15) is 0 Å². The molecule has 2 aromatic heterocycles. The molecule has 8 heteroatoms. The molecular formula is C13H11BFN3O2S. The summed E-state index contributed by atoms with van der Waals surface area (Å²) in [7, 11) is -1.82. The molecule has 1 aromatic carbocycles. The Morgan fingerprint density at radius 1 is 1.19 bits per heavy atom. The Kier molecular flexibility index (Phi) is 3.91. The van der Waals surface area contributed by atoms with E-state index < -0.39 is 12.9 Å². The third-order valence-electron chi connectivity index (χ3n) is 2.99. The van der Waals surface area contributed by atoms with Gasteiger partial charge in [-0.3, -0.25) is 4.40 Å². The number of fused-ring (bicyclic) bond motifs is 1. The third kappa shape index (κ3) is 2.92. The van der Waals surface area contributed by atoms with E-state index in [1.807, 2.05) is 28.8 Å². The highest BCUT2D eigenvalue weighted by Gasteiger charge is 2.17. The van der Waals surface area contributed by atoms with Crippen LogP contribution in [0.5, 0.6) is 0 Å². The first kappa shape index (κ1) is 14.1. The molecule has 0 saturated heterocycles. The molecule has 0 aliphatic carbocycles. The molecule has 3 rings (SSSR count). The van der Waals surface area contributed by atoms with E-state index in [1.165, 1.54) is 23.9 Å². The van der Waals surface area contributed by atoms with Crippen LogP contribution >= 0.6 is 11.8 Å². The molecule has 2 heterocycles.